The summed E-state index contributed by atoms with van der Waals surface area (Å²) in [6.07, 6.45) is 2.33. The molecule has 86 valence electrons. The lowest BCUT2D eigenvalue weighted by Crippen LogP contribution is -2.21. The molecule has 0 aromatic carbocycles. The molecule has 0 N–H and O–H groups in total. The molecule has 2 heterocycles. The summed E-state index contributed by atoms with van der Waals surface area (Å²) in [7, 11) is 0. The second-order valence-electron chi connectivity index (χ2n) is 3.63. The number of ketones is 1. The first kappa shape index (κ1) is 11.4. The summed E-state index contributed by atoms with van der Waals surface area (Å²) in [5.41, 5.74) is 0. The molecular formula is C11H12ClNO3. The number of carbonyl (C=O) groups is 1. The first-order valence-electron chi connectivity index (χ1n) is 5.10. The van der Waals surface area contributed by atoms with Crippen molar-refractivity contribution in [3.8, 4) is 5.75 Å². The van der Waals surface area contributed by atoms with Crippen LogP contribution >= 0.6 is 11.6 Å². The van der Waals surface area contributed by atoms with E-state index in [2.05, 4.69) is 4.98 Å². The Labute approximate surface area is 98.5 Å². The zero-order chi connectivity index (χ0) is 11.4. The topological polar surface area (TPSA) is 48.4 Å². The van der Waals surface area contributed by atoms with Gasteiger partial charge in [0.05, 0.1) is 6.61 Å². The number of nitrogens with zero attached hydrogens (tertiary/aromatic N) is 1. The van der Waals surface area contributed by atoms with Crippen molar-refractivity contribution < 1.29 is 14.3 Å². The van der Waals surface area contributed by atoms with E-state index >= 15 is 0 Å². The molecule has 1 aliphatic heterocycles. The molecule has 0 saturated carbocycles. The highest BCUT2D eigenvalue weighted by Gasteiger charge is 2.23. The third-order valence-corrected chi connectivity index (χ3v) is 2.67. The second-order valence-corrected chi connectivity index (χ2v) is 4.02. The zero-order valence-corrected chi connectivity index (χ0v) is 9.44. The van der Waals surface area contributed by atoms with Gasteiger partial charge in [-0.3, -0.25) is 4.79 Å². The van der Waals surface area contributed by atoms with Crippen LogP contribution in [0.25, 0.3) is 0 Å². The maximum atomic E-state index is 11.6. The minimum atomic E-state index is -0.0164. The quantitative estimate of drug-likeness (QED) is 0.753. The van der Waals surface area contributed by atoms with Gasteiger partial charge in [0.1, 0.15) is 17.5 Å². The van der Waals surface area contributed by atoms with Gasteiger partial charge >= 0.3 is 0 Å². The molecule has 1 aliphatic rings. The van der Waals surface area contributed by atoms with Crippen LogP contribution in [0.1, 0.15) is 6.42 Å². The molecule has 0 aliphatic carbocycles. The maximum absolute atomic E-state index is 11.6. The minimum absolute atomic E-state index is 0.0164. The number of pyridine rings is 1. The van der Waals surface area contributed by atoms with Crippen molar-refractivity contribution >= 4 is 17.4 Å². The summed E-state index contributed by atoms with van der Waals surface area (Å²) < 4.78 is 10.5. The molecule has 0 amide bonds. The molecule has 0 radical (unpaired) electrons. The van der Waals surface area contributed by atoms with E-state index in [9.17, 15) is 4.79 Å². The van der Waals surface area contributed by atoms with Crippen LogP contribution in [0.2, 0.25) is 5.15 Å². The summed E-state index contributed by atoms with van der Waals surface area (Å²) in [6.45, 7) is 1.24. The van der Waals surface area contributed by atoms with E-state index < -0.39 is 0 Å². The lowest BCUT2D eigenvalue weighted by Gasteiger charge is -2.08. The standard InChI is InChI=1S/C11H12ClNO3/c12-11-5-9(1-3-13-11)16-7-10(14)8-2-4-15-6-8/h1,3,5,8H,2,4,6-7H2. The number of halogens is 1. The molecule has 1 aromatic heterocycles. The van der Waals surface area contributed by atoms with Crippen LogP contribution in [-0.2, 0) is 9.53 Å². The Kier molecular flexibility index (Phi) is 3.74. The molecule has 1 saturated heterocycles. The molecule has 0 spiro atoms. The third kappa shape index (κ3) is 2.93. The van der Waals surface area contributed by atoms with Crippen molar-refractivity contribution in [2.45, 2.75) is 6.42 Å². The average molecular weight is 242 g/mol. The monoisotopic (exact) mass is 241 g/mol. The van der Waals surface area contributed by atoms with E-state index in [0.29, 0.717) is 24.1 Å². The highest BCUT2D eigenvalue weighted by atomic mass is 35.5. The predicted molar refractivity (Wildman–Crippen MR) is 58.7 cm³/mol. The van der Waals surface area contributed by atoms with Crippen LogP contribution in [0.4, 0.5) is 0 Å². The van der Waals surface area contributed by atoms with Gasteiger partial charge in [0.25, 0.3) is 0 Å². The van der Waals surface area contributed by atoms with Gasteiger partial charge in [-0.05, 0) is 12.5 Å². The Hall–Kier alpha value is -1.13. The smallest absolute Gasteiger partial charge is 0.175 e. The SMILES string of the molecule is O=C(COc1ccnc(Cl)c1)C1CCOC1. The van der Waals surface area contributed by atoms with Crippen molar-refractivity contribution in [2.75, 3.05) is 19.8 Å². The van der Waals surface area contributed by atoms with Crippen molar-refractivity contribution in [2.24, 2.45) is 5.92 Å². The van der Waals surface area contributed by atoms with Gasteiger partial charge in [-0.25, -0.2) is 4.98 Å². The summed E-state index contributed by atoms with van der Waals surface area (Å²) in [6, 6.07) is 3.25. The van der Waals surface area contributed by atoms with E-state index in [4.69, 9.17) is 21.1 Å². The van der Waals surface area contributed by atoms with Crippen molar-refractivity contribution in [1.82, 2.24) is 4.98 Å². The van der Waals surface area contributed by atoms with Crippen LogP contribution in [0.3, 0.4) is 0 Å². The third-order valence-electron chi connectivity index (χ3n) is 2.46. The number of hydrogen-bond donors (Lipinski definition) is 0. The second kappa shape index (κ2) is 5.27. The van der Waals surface area contributed by atoms with E-state index in [0.717, 1.165) is 6.42 Å². The number of rotatable bonds is 4. The molecule has 1 unspecified atom stereocenters. The highest BCUT2D eigenvalue weighted by molar-refractivity contribution is 6.29. The molecule has 1 fully saturated rings. The maximum Gasteiger partial charge on any atom is 0.175 e. The van der Waals surface area contributed by atoms with Crippen molar-refractivity contribution in [3.63, 3.8) is 0 Å². The van der Waals surface area contributed by atoms with Crippen LogP contribution in [0.15, 0.2) is 18.3 Å². The lowest BCUT2D eigenvalue weighted by atomic mass is 10.0. The van der Waals surface area contributed by atoms with Crippen LogP contribution < -0.4 is 4.74 Å². The molecule has 0 bridgehead atoms. The van der Waals surface area contributed by atoms with Crippen LogP contribution in [0.5, 0.6) is 5.75 Å². The average Bonchev–Trinajstić information content (AvgIpc) is 2.79. The van der Waals surface area contributed by atoms with E-state index in [1.165, 1.54) is 0 Å². The number of ether oxygens (including phenoxy) is 2. The summed E-state index contributed by atoms with van der Waals surface area (Å²) in [5, 5.41) is 0.356. The summed E-state index contributed by atoms with van der Waals surface area (Å²) in [5.74, 6) is 0.620. The largest absolute Gasteiger partial charge is 0.486 e. The first-order chi connectivity index (χ1) is 7.75. The number of hydrogen-bond acceptors (Lipinski definition) is 4. The highest BCUT2D eigenvalue weighted by Crippen LogP contribution is 2.17. The van der Waals surface area contributed by atoms with Gasteiger partial charge in [0, 0.05) is 24.8 Å². The zero-order valence-electron chi connectivity index (χ0n) is 8.69. The van der Waals surface area contributed by atoms with Gasteiger partial charge in [0.15, 0.2) is 5.78 Å². The molecule has 5 heteroatoms. The molecule has 16 heavy (non-hydrogen) atoms. The number of carbonyl (C=O) groups excluding carboxylic acids is 1. The Balaban J connectivity index is 1.84. The van der Waals surface area contributed by atoms with Gasteiger partial charge in [-0.2, -0.15) is 0 Å². The Bertz CT molecular complexity index is 377. The van der Waals surface area contributed by atoms with E-state index in [1.807, 2.05) is 0 Å². The molecule has 1 atom stereocenters. The molecule has 1 aromatic rings. The summed E-state index contributed by atoms with van der Waals surface area (Å²) in [4.78, 5) is 15.5. The first-order valence-corrected chi connectivity index (χ1v) is 5.48. The Morgan fingerprint density at radius 1 is 1.69 bits per heavy atom. The van der Waals surface area contributed by atoms with Gasteiger partial charge < -0.3 is 9.47 Å². The Morgan fingerprint density at radius 3 is 3.25 bits per heavy atom. The van der Waals surface area contributed by atoms with Crippen LogP contribution in [0, 0.1) is 5.92 Å². The van der Waals surface area contributed by atoms with Gasteiger partial charge in [-0.15, -0.1) is 0 Å². The normalized spacial score (nSPS) is 19.7. The minimum Gasteiger partial charge on any atom is -0.486 e. The number of Topliss-reactive ketones (excluding diaryl/α,β-unsaturated/α-hetero) is 1. The fourth-order valence-corrected chi connectivity index (χ4v) is 1.70. The predicted octanol–water partition coefficient (Wildman–Crippen LogP) is 1.72. The fraction of sp³-hybridized carbons (Fsp3) is 0.455. The molecular weight excluding hydrogens is 230 g/mol. The van der Waals surface area contributed by atoms with Crippen molar-refractivity contribution in [1.29, 1.82) is 0 Å². The molecule has 2 rings (SSSR count). The van der Waals surface area contributed by atoms with E-state index in [1.54, 1.807) is 18.3 Å². The number of aromatic nitrogens is 1. The van der Waals surface area contributed by atoms with E-state index in [-0.39, 0.29) is 18.3 Å². The Morgan fingerprint density at radius 2 is 2.56 bits per heavy atom. The van der Waals surface area contributed by atoms with Gasteiger partial charge in [-0.1, -0.05) is 11.6 Å². The molecule has 4 nitrogen and oxygen atoms in total. The van der Waals surface area contributed by atoms with Crippen molar-refractivity contribution in [3.05, 3.63) is 23.5 Å². The van der Waals surface area contributed by atoms with Crippen LogP contribution in [-0.4, -0.2) is 30.6 Å². The van der Waals surface area contributed by atoms with Gasteiger partial charge in [0.2, 0.25) is 0 Å². The fourth-order valence-electron chi connectivity index (χ4n) is 1.54. The summed E-state index contributed by atoms with van der Waals surface area (Å²) >= 11 is 5.69. The lowest BCUT2D eigenvalue weighted by molar-refractivity contribution is -0.124.